The summed E-state index contributed by atoms with van der Waals surface area (Å²) in [5, 5.41) is 3.16. The Hall–Kier alpha value is -2.20. The van der Waals surface area contributed by atoms with Crippen molar-refractivity contribution in [2.75, 3.05) is 19.8 Å². The van der Waals surface area contributed by atoms with Crippen LogP contribution < -0.4 is 5.32 Å². The molecule has 1 fully saturated rings. The molecule has 1 aliphatic heterocycles. The highest BCUT2D eigenvalue weighted by atomic mass is 19.1. The molecule has 0 aliphatic carbocycles. The average molecular weight is 355 g/mol. The van der Waals surface area contributed by atoms with Crippen LogP contribution >= 0.6 is 0 Å². The topological polar surface area (TPSA) is 38.3 Å². The highest BCUT2D eigenvalue weighted by molar-refractivity contribution is 5.88. The lowest BCUT2D eigenvalue weighted by Crippen LogP contribution is -2.50. The molecule has 0 saturated carbocycles. The molecule has 1 saturated heterocycles. The summed E-state index contributed by atoms with van der Waals surface area (Å²) >= 11 is 0. The Labute approximate surface area is 154 Å². The van der Waals surface area contributed by atoms with E-state index >= 15 is 0 Å². The van der Waals surface area contributed by atoms with E-state index in [9.17, 15) is 9.18 Å². The molecule has 1 heterocycles. The summed E-state index contributed by atoms with van der Waals surface area (Å²) in [7, 11) is 0. The second kappa shape index (κ2) is 7.58. The molecule has 0 spiro atoms. The monoisotopic (exact) mass is 355 g/mol. The highest BCUT2D eigenvalue weighted by Crippen LogP contribution is 2.35. The molecule has 2 aromatic carbocycles. The van der Waals surface area contributed by atoms with Crippen LogP contribution in [0.25, 0.3) is 0 Å². The predicted octanol–water partition coefficient (Wildman–Crippen LogP) is 3.97. The van der Waals surface area contributed by atoms with Gasteiger partial charge in [0.15, 0.2) is 0 Å². The molecule has 0 radical (unpaired) electrons. The quantitative estimate of drug-likeness (QED) is 0.881. The van der Waals surface area contributed by atoms with Gasteiger partial charge in [-0.05, 0) is 36.1 Å². The van der Waals surface area contributed by atoms with E-state index in [-0.39, 0.29) is 17.1 Å². The number of hydrogen-bond donors (Lipinski definition) is 1. The summed E-state index contributed by atoms with van der Waals surface area (Å²) in [6.45, 7) is 5.85. The van der Waals surface area contributed by atoms with Crippen molar-refractivity contribution in [1.82, 2.24) is 5.32 Å². The third-order valence-electron chi connectivity index (χ3n) is 5.42. The van der Waals surface area contributed by atoms with Crippen LogP contribution in [0, 0.1) is 5.82 Å². The van der Waals surface area contributed by atoms with E-state index in [1.165, 1.54) is 17.7 Å². The Bertz CT molecular complexity index is 734. The van der Waals surface area contributed by atoms with Gasteiger partial charge in [0.05, 0.1) is 5.41 Å². The Morgan fingerprint density at radius 2 is 1.69 bits per heavy atom. The van der Waals surface area contributed by atoms with Gasteiger partial charge < -0.3 is 10.1 Å². The summed E-state index contributed by atoms with van der Waals surface area (Å²) < 4.78 is 18.8. The summed E-state index contributed by atoms with van der Waals surface area (Å²) in [6, 6.07) is 16.5. The lowest BCUT2D eigenvalue weighted by molar-refractivity contribution is -0.130. The zero-order valence-electron chi connectivity index (χ0n) is 15.4. The first-order chi connectivity index (χ1) is 12.4. The fourth-order valence-corrected chi connectivity index (χ4v) is 3.60. The number of hydrogen-bond acceptors (Lipinski definition) is 2. The smallest absolute Gasteiger partial charge is 0.230 e. The van der Waals surface area contributed by atoms with Crippen LogP contribution in [0.4, 0.5) is 4.39 Å². The minimum atomic E-state index is -0.654. The van der Waals surface area contributed by atoms with Gasteiger partial charge in [-0.15, -0.1) is 0 Å². The van der Waals surface area contributed by atoms with Crippen LogP contribution in [0.15, 0.2) is 54.6 Å². The molecule has 26 heavy (non-hydrogen) atoms. The van der Waals surface area contributed by atoms with E-state index in [0.29, 0.717) is 32.6 Å². The minimum absolute atomic E-state index is 0.00332. The first-order valence-electron chi connectivity index (χ1n) is 9.12. The molecule has 3 nitrogen and oxygen atoms in total. The van der Waals surface area contributed by atoms with Gasteiger partial charge in [-0.3, -0.25) is 4.79 Å². The van der Waals surface area contributed by atoms with E-state index in [0.717, 1.165) is 5.56 Å². The van der Waals surface area contributed by atoms with Crippen molar-refractivity contribution in [3.63, 3.8) is 0 Å². The van der Waals surface area contributed by atoms with Crippen molar-refractivity contribution in [3.05, 3.63) is 71.5 Å². The van der Waals surface area contributed by atoms with E-state index in [1.54, 1.807) is 12.1 Å². The summed E-state index contributed by atoms with van der Waals surface area (Å²) in [4.78, 5) is 13.2. The number of carbonyl (C=O) groups excluding carboxylic acids is 1. The molecule has 4 heteroatoms. The zero-order chi connectivity index (χ0) is 18.6. The zero-order valence-corrected chi connectivity index (χ0v) is 15.4. The summed E-state index contributed by atoms with van der Waals surface area (Å²) in [6.07, 6.45) is 1.21. The largest absolute Gasteiger partial charge is 0.381 e. The van der Waals surface area contributed by atoms with Crippen LogP contribution in [-0.2, 0) is 20.4 Å². The Morgan fingerprint density at radius 1 is 1.08 bits per heavy atom. The van der Waals surface area contributed by atoms with Gasteiger partial charge in [-0.25, -0.2) is 4.39 Å². The molecule has 2 aromatic rings. The Balaban J connectivity index is 1.79. The van der Waals surface area contributed by atoms with Gasteiger partial charge in [0, 0.05) is 25.2 Å². The van der Waals surface area contributed by atoms with E-state index in [1.807, 2.05) is 18.2 Å². The van der Waals surface area contributed by atoms with Gasteiger partial charge in [0.2, 0.25) is 5.91 Å². The standard InChI is InChI=1S/C22H26FNO2/c1-21(2,17-6-4-3-5-7-17)16-24-20(25)22(12-14-26-15-13-22)18-8-10-19(23)11-9-18/h3-11H,12-16H2,1-2H3,(H,24,25). The Kier molecular flexibility index (Phi) is 5.42. The minimum Gasteiger partial charge on any atom is -0.381 e. The molecule has 0 unspecified atom stereocenters. The van der Waals surface area contributed by atoms with Crippen molar-refractivity contribution >= 4 is 5.91 Å². The third kappa shape index (κ3) is 3.80. The predicted molar refractivity (Wildman–Crippen MR) is 101 cm³/mol. The maximum atomic E-state index is 13.3. The van der Waals surface area contributed by atoms with Gasteiger partial charge in [-0.1, -0.05) is 56.3 Å². The van der Waals surface area contributed by atoms with E-state index in [4.69, 9.17) is 4.74 Å². The molecular weight excluding hydrogens is 329 g/mol. The van der Waals surface area contributed by atoms with Crippen molar-refractivity contribution in [3.8, 4) is 0 Å². The average Bonchev–Trinajstić information content (AvgIpc) is 2.68. The molecule has 3 rings (SSSR count). The third-order valence-corrected chi connectivity index (χ3v) is 5.42. The van der Waals surface area contributed by atoms with Crippen LogP contribution in [0.5, 0.6) is 0 Å². The number of ether oxygens (including phenoxy) is 1. The van der Waals surface area contributed by atoms with Gasteiger partial charge in [0.1, 0.15) is 5.82 Å². The molecule has 1 N–H and O–H groups in total. The molecule has 0 bridgehead atoms. The van der Waals surface area contributed by atoms with Crippen molar-refractivity contribution < 1.29 is 13.9 Å². The van der Waals surface area contributed by atoms with Crippen LogP contribution in [0.2, 0.25) is 0 Å². The van der Waals surface area contributed by atoms with Gasteiger partial charge >= 0.3 is 0 Å². The molecular formula is C22H26FNO2. The van der Waals surface area contributed by atoms with Gasteiger partial charge in [0.25, 0.3) is 0 Å². The molecule has 138 valence electrons. The van der Waals surface area contributed by atoms with Gasteiger partial charge in [-0.2, -0.15) is 0 Å². The normalized spacial score (nSPS) is 16.9. The fraction of sp³-hybridized carbons (Fsp3) is 0.409. The lowest BCUT2D eigenvalue weighted by atomic mass is 9.73. The van der Waals surface area contributed by atoms with Crippen molar-refractivity contribution in [2.24, 2.45) is 0 Å². The first-order valence-corrected chi connectivity index (χ1v) is 9.12. The molecule has 0 atom stereocenters. The van der Waals surface area contributed by atoms with Crippen molar-refractivity contribution in [1.29, 1.82) is 0 Å². The highest BCUT2D eigenvalue weighted by Gasteiger charge is 2.42. The number of nitrogens with one attached hydrogen (secondary N) is 1. The second-order valence-electron chi connectivity index (χ2n) is 7.63. The molecule has 0 aromatic heterocycles. The lowest BCUT2D eigenvalue weighted by Gasteiger charge is -2.37. The summed E-state index contributed by atoms with van der Waals surface area (Å²) in [5.74, 6) is -0.294. The van der Waals surface area contributed by atoms with E-state index in [2.05, 4.69) is 31.3 Å². The fourth-order valence-electron chi connectivity index (χ4n) is 3.60. The number of benzene rings is 2. The van der Waals surface area contributed by atoms with Crippen LogP contribution in [0.1, 0.15) is 37.8 Å². The molecule has 1 aliphatic rings. The Morgan fingerprint density at radius 3 is 2.31 bits per heavy atom. The number of carbonyl (C=O) groups is 1. The second-order valence-corrected chi connectivity index (χ2v) is 7.63. The van der Waals surface area contributed by atoms with Crippen LogP contribution in [-0.4, -0.2) is 25.7 Å². The maximum Gasteiger partial charge on any atom is 0.230 e. The number of amides is 1. The number of rotatable bonds is 5. The SMILES string of the molecule is CC(C)(CNC(=O)C1(c2ccc(F)cc2)CCOCC1)c1ccccc1. The first kappa shape index (κ1) is 18.6. The van der Waals surface area contributed by atoms with Crippen molar-refractivity contribution in [2.45, 2.75) is 37.5 Å². The van der Waals surface area contributed by atoms with Crippen LogP contribution in [0.3, 0.4) is 0 Å². The van der Waals surface area contributed by atoms with E-state index < -0.39 is 5.41 Å². The summed E-state index contributed by atoms with van der Waals surface area (Å²) in [5.41, 5.74) is 1.21. The molecule has 1 amide bonds. The maximum absolute atomic E-state index is 13.3. The number of halogens is 1.